The highest BCUT2D eigenvalue weighted by molar-refractivity contribution is 7.89. The molecule has 1 aromatic carbocycles. The molecule has 1 aromatic heterocycles. The highest BCUT2D eigenvalue weighted by Crippen LogP contribution is 2.15. The normalized spacial score (nSPS) is 14.9. The van der Waals surface area contributed by atoms with Crippen LogP contribution < -0.4 is 9.62 Å². The second-order valence-corrected chi connectivity index (χ2v) is 8.71. The molecule has 7 nitrogen and oxygen atoms in total. The van der Waals surface area contributed by atoms with Crippen LogP contribution in [0.1, 0.15) is 12.8 Å². The lowest BCUT2D eigenvalue weighted by Crippen LogP contribution is -2.49. The Bertz CT molecular complexity index is 883. The van der Waals surface area contributed by atoms with Crippen LogP contribution in [0.4, 0.5) is 5.82 Å². The number of piperazine rings is 1. The lowest BCUT2D eigenvalue weighted by molar-refractivity contribution is -0.131. The number of nitrogens with one attached hydrogen (secondary N) is 1. The summed E-state index contributed by atoms with van der Waals surface area (Å²) in [6.07, 6.45) is 2.52. The molecule has 1 N–H and O–H groups in total. The summed E-state index contributed by atoms with van der Waals surface area (Å²) in [7, 11) is -3.58. The van der Waals surface area contributed by atoms with Crippen molar-refractivity contribution in [1.82, 2.24) is 14.6 Å². The molecule has 150 valence electrons. The van der Waals surface area contributed by atoms with E-state index in [1.165, 1.54) is 24.3 Å². The number of pyridine rings is 1. The average Bonchev–Trinajstić information content (AvgIpc) is 2.72. The number of rotatable bonds is 7. The number of aromatic nitrogens is 1. The van der Waals surface area contributed by atoms with E-state index in [0.717, 1.165) is 18.9 Å². The Morgan fingerprint density at radius 2 is 1.79 bits per heavy atom. The fraction of sp³-hybridized carbons (Fsp3) is 0.368. The van der Waals surface area contributed by atoms with Crippen molar-refractivity contribution in [2.45, 2.75) is 17.7 Å². The summed E-state index contributed by atoms with van der Waals surface area (Å²) >= 11 is 5.78. The summed E-state index contributed by atoms with van der Waals surface area (Å²) in [5.41, 5.74) is 0. The van der Waals surface area contributed by atoms with Crippen molar-refractivity contribution in [3.63, 3.8) is 0 Å². The van der Waals surface area contributed by atoms with E-state index < -0.39 is 10.0 Å². The molecular weight excluding hydrogens is 400 g/mol. The van der Waals surface area contributed by atoms with E-state index in [0.29, 0.717) is 31.0 Å². The van der Waals surface area contributed by atoms with Gasteiger partial charge in [0.1, 0.15) is 5.82 Å². The molecule has 1 fully saturated rings. The van der Waals surface area contributed by atoms with Crippen LogP contribution in [0.2, 0.25) is 5.02 Å². The second-order valence-electron chi connectivity index (χ2n) is 6.51. The number of hydrogen-bond donors (Lipinski definition) is 1. The molecule has 3 rings (SSSR count). The Kier molecular flexibility index (Phi) is 6.88. The number of sulfonamides is 1. The molecule has 1 saturated heterocycles. The molecule has 2 heterocycles. The van der Waals surface area contributed by atoms with Gasteiger partial charge in [-0.3, -0.25) is 4.79 Å². The Balaban J connectivity index is 1.40. The molecule has 28 heavy (non-hydrogen) atoms. The number of benzene rings is 1. The van der Waals surface area contributed by atoms with Crippen molar-refractivity contribution < 1.29 is 13.2 Å². The van der Waals surface area contributed by atoms with Gasteiger partial charge in [-0.2, -0.15) is 0 Å². The van der Waals surface area contributed by atoms with Gasteiger partial charge in [0.15, 0.2) is 0 Å². The number of nitrogens with zero attached hydrogens (tertiary/aromatic N) is 3. The highest BCUT2D eigenvalue weighted by atomic mass is 35.5. The van der Waals surface area contributed by atoms with Crippen LogP contribution >= 0.6 is 11.6 Å². The summed E-state index contributed by atoms with van der Waals surface area (Å²) in [4.78, 5) is 20.9. The SMILES string of the molecule is O=C(CCCNS(=O)(=O)c1ccc(Cl)cc1)N1CCN(c2ccccn2)CC1. The van der Waals surface area contributed by atoms with Crippen molar-refractivity contribution in [1.29, 1.82) is 0 Å². The number of anilines is 1. The molecule has 0 aliphatic carbocycles. The third-order valence-corrected chi connectivity index (χ3v) is 6.32. The van der Waals surface area contributed by atoms with Gasteiger partial charge < -0.3 is 9.80 Å². The minimum atomic E-state index is -3.58. The first-order valence-corrected chi connectivity index (χ1v) is 11.0. The molecule has 2 aromatic rings. The van der Waals surface area contributed by atoms with Gasteiger partial charge in [-0.1, -0.05) is 17.7 Å². The lowest BCUT2D eigenvalue weighted by atomic mass is 10.2. The zero-order valence-corrected chi connectivity index (χ0v) is 17.0. The van der Waals surface area contributed by atoms with Crippen molar-refractivity contribution >= 4 is 33.3 Å². The van der Waals surface area contributed by atoms with Gasteiger partial charge in [0.25, 0.3) is 0 Å². The van der Waals surface area contributed by atoms with E-state index in [-0.39, 0.29) is 17.3 Å². The summed E-state index contributed by atoms with van der Waals surface area (Å²) in [5, 5.41) is 0.479. The van der Waals surface area contributed by atoms with Crippen LogP contribution in [-0.4, -0.2) is 56.9 Å². The van der Waals surface area contributed by atoms with Gasteiger partial charge in [-0.25, -0.2) is 18.1 Å². The van der Waals surface area contributed by atoms with Crippen molar-refractivity contribution in [2.75, 3.05) is 37.6 Å². The van der Waals surface area contributed by atoms with Gasteiger partial charge in [-0.05, 0) is 42.8 Å². The van der Waals surface area contributed by atoms with Crippen molar-refractivity contribution in [2.24, 2.45) is 0 Å². The quantitative estimate of drug-likeness (QED) is 0.691. The van der Waals surface area contributed by atoms with E-state index in [1.54, 1.807) is 6.20 Å². The summed E-state index contributed by atoms with van der Waals surface area (Å²) < 4.78 is 26.9. The van der Waals surface area contributed by atoms with E-state index in [1.807, 2.05) is 23.1 Å². The van der Waals surface area contributed by atoms with Gasteiger partial charge in [0.2, 0.25) is 15.9 Å². The largest absolute Gasteiger partial charge is 0.353 e. The smallest absolute Gasteiger partial charge is 0.240 e. The minimum absolute atomic E-state index is 0.0476. The van der Waals surface area contributed by atoms with E-state index in [2.05, 4.69) is 14.6 Å². The van der Waals surface area contributed by atoms with Crippen LogP contribution in [0.5, 0.6) is 0 Å². The van der Waals surface area contributed by atoms with Gasteiger partial charge in [0.05, 0.1) is 4.90 Å². The molecule has 0 saturated carbocycles. The van der Waals surface area contributed by atoms with Crippen molar-refractivity contribution in [3.05, 3.63) is 53.7 Å². The number of carbonyl (C=O) groups excluding carboxylic acids is 1. The zero-order chi connectivity index (χ0) is 20.0. The number of amides is 1. The van der Waals surface area contributed by atoms with Crippen LogP contribution in [0.25, 0.3) is 0 Å². The van der Waals surface area contributed by atoms with Crippen LogP contribution in [0.3, 0.4) is 0 Å². The summed E-state index contributed by atoms with van der Waals surface area (Å²) in [6, 6.07) is 11.8. The highest BCUT2D eigenvalue weighted by Gasteiger charge is 2.21. The van der Waals surface area contributed by atoms with Crippen LogP contribution in [0, 0.1) is 0 Å². The molecule has 0 radical (unpaired) electrons. The molecule has 0 spiro atoms. The number of hydrogen-bond acceptors (Lipinski definition) is 5. The second kappa shape index (κ2) is 9.36. The standard InChI is InChI=1S/C19H23ClN4O3S/c20-16-6-8-17(9-7-16)28(26,27)22-11-3-5-19(25)24-14-12-23(13-15-24)18-4-1-2-10-21-18/h1-2,4,6-10,22H,3,5,11-15H2. The Morgan fingerprint density at radius 1 is 1.07 bits per heavy atom. The monoisotopic (exact) mass is 422 g/mol. The molecule has 0 unspecified atom stereocenters. The fourth-order valence-electron chi connectivity index (χ4n) is 3.03. The molecule has 1 aliphatic heterocycles. The maximum atomic E-state index is 12.4. The van der Waals surface area contributed by atoms with E-state index in [9.17, 15) is 13.2 Å². The Hall–Kier alpha value is -2.16. The minimum Gasteiger partial charge on any atom is -0.353 e. The van der Waals surface area contributed by atoms with E-state index >= 15 is 0 Å². The zero-order valence-electron chi connectivity index (χ0n) is 15.4. The summed E-state index contributed by atoms with van der Waals surface area (Å²) in [6.45, 7) is 2.99. The van der Waals surface area contributed by atoms with Gasteiger partial charge >= 0.3 is 0 Å². The molecule has 1 amide bonds. The van der Waals surface area contributed by atoms with Crippen LogP contribution in [-0.2, 0) is 14.8 Å². The number of carbonyl (C=O) groups is 1. The number of halogens is 1. The molecule has 0 bridgehead atoms. The van der Waals surface area contributed by atoms with E-state index in [4.69, 9.17) is 11.6 Å². The molecule has 9 heteroatoms. The maximum absolute atomic E-state index is 12.4. The van der Waals surface area contributed by atoms with Crippen molar-refractivity contribution in [3.8, 4) is 0 Å². The molecule has 1 aliphatic rings. The topological polar surface area (TPSA) is 82.6 Å². The third-order valence-electron chi connectivity index (χ3n) is 4.59. The first-order chi connectivity index (χ1) is 13.5. The molecule has 0 atom stereocenters. The summed E-state index contributed by atoms with van der Waals surface area (Å²) in [5.74, 6) is 0.970. The first-order valence-electron chi connectivity index (χ1n) is 9.15. The van der Waals surface area contributed by atoms with Gasteiger partial charge in [0, 0.05) is 50.4 Å². The third kappa shape index (κ3) is 5.43. The average molecular weight is 423 g/mol. The fourth-order valence-corrected chi connectivity index (χ4v) is 4.23. The van der Waals surface area contributed by atoms with Crippen LogP contribution in [0.15, 0.2) is 53.6 Å². The Morgan fingerprint density at radius 3 is 2.43 bits per heavy atom. The Labute approximate surface area is 170 Å². The first kappa shape index (κ1) is 20.6. The maximum Gasteiger partial charge on any atom is 0.240 e. The predicted octanol–water partition coefficient (Wildman–Crippen LogP) is 2.14. The molecular formula is C19H23ClN4O3S. The van der Waals surface area contributed by atoms with Gasteiger partial charge in [-0.15, -0.1) is 0 Å². The predicted molar refractivity (Wildman–Crippen MR) is 109 cm³/mol. The lowest BCUT2D eigenvalue weighted by Gasteiger charge is -2.35.